The first-order chi connectivity index (χ1) is 13.4. The normalized spacial score (nSPS) is 11.0. The number of aromatic nitrogens is 3. The molecule has 0 aliphatic carbocycles. The Hall–Kier alpha value is -3.72. The minimum Gasteiger partial charge on any atom is -0.360 e. The molecule has 2 aromatic heterocycles. The molecule has 0 unspecified atom stereocenters. The van der Waals surface area contributed by atoms with Gasteiger partial charge >= 0.3 is 0 Å². The van der Waals surface area contributed by atoms with E-state index in [4.69, 9.17) is 9.97 Å². The van der Waals surface area contributed by atoms with Crippen LogP contribution < -0.4 is 0 Å². The zero-order valence-corrected chi connectivity index (χ0v) is 14.6. The Balaban J connectivity index is 1.76. The first kappa shape index (κ1) is 15.5. The summed E-state index contributed by atoms with van der Waals surface area (Å²) in [5.41, 5.74) is 6.11. The molecular weight excluding hydrogens is 330 g/mol. The van der Waals surface area contributed by atoms with Crippen LogP contribution in [-0.4, -0.2) is 15.0 Å². The standard InChI is InChI=1S/C24H17N3/c1-3-9-17(10-4-1)22-15-23(18-11-5-2-6-12-18)27-24(26-22)20-16-25-21-14-8-7-13-19(20)21/h1-16,25H. The van der Waals surface area contributed by atoms with Crippen LogP contribution in [-0.2, 0) is 0 Å². The molecule has 0 aliphatic heterocycles. The van der Waals surface area contributed by atoms with Crippen LogP contribution in [0.5, 0.6) is 0 Å². The number of rotatable bonds is 3. The molecule has 27 heavy (non-hydrogen) atoms. The van der Waals surface area contributed by atoms with E-state index in [9.17, 15) is 0 Å². The molecule has 0 saturated heterocycles. The highest BCUT2D eigenvalue weighted by atomic mass is 14.9. The molecule has 0 bridgehead atoms. The predicted molar refractivity (Wildman–Crippen MR) is 110 cm³/mol. The van der Waals surface area contributed by atoms with Gasteiger partial charge in [0.2, 0.25) is 0 Å². The lowest BCUT2D eigenvalue weighted by molar-refractivity contribution is 1.19. The van der Waals surface area contributed by atoms with Crippen molar-refractivity contribution in [3.05, 3.63) is 97.2 Å². The van der Waals surface area contributed by atoms with Gasteiger partial charge in [0.05, 0.1) is 11.4 Å². The number of nitrogens with zero attached hydrogens (tertiary/aromatic N) is 2. The Morgan fingerprint density at radius 1 is 0.593 bits per heavy atom. The van der Waals surface area contributed by atoms with E-state index in [2.05, 4.69) is 47.4 Å². The third-order valence-corrected chi connectivity index (χ3v) is 4.70. The Labute approximate surface area is 157 Å². The predicted octanol–water partition coefficient (Wildman–Crippen LogP) is 5.96. The van der Waals surface area contributed by atoms with Crippen molar-refractivity contribution in [2.75, 3.05) is 0 Å². The fourth-order valence-electron chi connectivity index (χ4n) is 3.34. The van der Waals surface area contributed by atoms with Crippen LogP contribution in [0.25, 0.3) is 44.8 Å². The average Bonchev–Trinajstić information content (AvgIpc) is 3.19. The van der Waals surface area contributed by atoms with Crippen LogP contribution in [0.15, 0.2) is 97.2 Å². The summed E-state index contributed by atoms with van der Waals surface area (Å²) in [5, 5.41) is 1.13. The highest BCUT2D eigenvalue weighted by molar-refractivity contribution is 5.94. The Bertz CT molecular complexity index is 1150. The van der Waals surface area contributed by atoms with E-state index in [1.807, 2.05) is 54.7 Å². The number of nitrogens with one attached hydrogen (secondary N) is 1. The minimum absolute atomic E-state index is 0.729. The van der Waals surface area contributed by atoms with Crippen LogP contribution >= 0.6 is 0 Å². The van der Waals surface area contributed by atoms with Crippen LogP contribution in [0, 0.1) is 0 Å². The molecule has 3 nitrogen and oxygen atoms in total. The molecule has 5 rings (SSSR count). The molecule has 3 heteroatoms. The van der Waals surface area contributed by atoms with Gasteiger partial charge in [-0.2, -0.15) is 0 Å². The summed E-state index contributed by atoms with van der Waals surface area (Å²) >= 11 is 0. The average molecular weight is 347 g/mol. The van der Waals surface area contributed by atoms with Crippen molar-refractivity contribution in [2.24, 2.45) is 0 Å². The second kappa shape index (κ2) is 6.54. The smallest absolute Gasteiger partial charge is 0.162 e. The van der Waals surface area contributed by atoms with Gasteiger partial charge in [0.15, 0.2) is 5.82 Å². The molecule has 1 N–H and O–H groups in total. The van der Waals surface area contributed by atoms with Crippen molar-refractivity contribution in [1.82, 2.24) is 15.0 Å². The number of aromatic amines is 1. The summed E-state index contributed by atoms with van der Waals surface area (Å²) in [7, 11) is 0. The summed E-state index contributed by atoms with van der Waals surface area (Å²) in [5.74, 6) is 0.729. The molecule has 128 valence electrons. The zero-order chi connectivity index (χ0) is 18.1. The first-order valence-electron chi connectivity index (χ1n) is 8.95. The van der Waals surface area contributed by atoms with Gasteiger partial charge < -0.3 is 4.98 Å². The molecule has 0 saturated carbocycles. The maximum Gasteiger partial charge on any atom is 0.162 e. The highest BCUT2D eigenvalue weighted by Crippen LogP contribution is 2.30. The lowest BCUT2D eigenvalue weighted by atomic mass is 10.1. The van der Waals surface area contributed by atoms with Gasteiger partial charge in [0, 0.05) is 33.8 Å². The molecule has 0 aliphatic rings. The fourth-order valence-corrected chi connectivity index (χ4v) is 3.34. The van der Waals surface area contributed by atoms with E-state index < -0.39 is 0 Å². The van der Waals surface area contributed by atoms with Crippen LogP contribution in [0.3, 0.4) is 0 Å². The maximum atomic E-state index is 4.89. The number of hydrogen-bond donors (Lipinski definition) is 1. The van der Waals surface area contributed by atoms with E-state index in [0.29, 0.717) is 0 Å². The lowest BCUT2D eigenvalue weighted by Gasteiger charge is -2.08. The van der Waals surface area contributed by atoms with Gasteiger partial charge in [-0.3, -0.25) is 0 Å². The summed E-state index contributed by atoms with van der Waals surface area (Å²) in [4.78, 5) is 13.1. The van der Waals surface area contributed by atoms with Crippen molar-refractivity contribution in [1.29, 1.82) is 0 Å². The Morgan fingerprint density at radius 3 is 1.78 bits per heavy atom. The van der Waals surface area contributed by atoms with Gasteiger partial charge in [-0.1, -0.05) is 78.9 Å². The van der Waals surface area contributed by atoms with Gasteiger partial charge in [-0.25, -0.2) is 9.97 Å². The second-order valence-corrected chi connectivity index (χ2v) is 6.44. The molecule has 0 radical (unpaired) electrons. The van der Waals surface area contributed by atoms with E-state index in [1.54, 1.807) is 0 Å². The quantitative estimate of drug-likeness (QED) is 0.437. The highest BCUT2D eigenvalue weighted by Gasteiger charge is 2.13. The van der Waals surface area contributed by atoms with E-state index in [0.717, 1.165) is 44.8 Å². The van der Waals surface area contributed by atoms with E-state index in [-0.39, 0.29) is 0 Å². The van der Waals surface area contributed by atoms with Crippen molar-refractivity contribution < 1.29 is 0 Å². The molecular formula is C24H17N3. The second-order valence-electron chi connectivity index (χ2n) is 6.44. The molecule has 3 aromatic carbocycles. The number of fused-ring (bicyclic) bond motifs is 1. The first-order valence-corrected chi connectivity index (χ1v) is 8.95. The van der Waals surface area contributed by atoms with Crippen LogP contribution in [0.1, 0.15) is 0 Å². The summed E-state index contributed by atoms with van der Waals surface area (Å²) in [6.07, 6.45) is 1.99. The summed E-state index contributed by atoms with van der Waals surface area (Å²) in [6, 6.07) is 30.8. The molecule has 0 amide bonds. The van der Waals surface area contributed by atoms with Crippen LogP contribution in [0.2, 0.25) is 0 Å². The number of para-hydroxylation sites is 1. The largest absolute Gasteiger partial charge is 0.360 e. The Morgan fingerprint density at radius 2 is 1.15 bits per heavy atom. The van der Waals surface area contributed by atoms with Crippen molar-refractivity contribution >= 4 is 10.9 Å². The fraction of sp³-hybridized carbons (Fsp3) is 0. The monoisotopic (exact) mass is 347 g/mol. The van der Waals surface area contributed by atoms with Crippen molar-refractivity contribution in [3.63, 3.8) is 0 Å². The van der Waals surface area contributed by atoms with Gasteiger partial charge in [-0.05, 0) is 12.1 Å². The third kappa shape index (κ3) is 2.89. The molecule has 0 atom stereocenters. The van der Waals surface area contributed by atoms with Crippen molar-refractivity contribution in [2.45, 2.75) is 0 Å². The molecule has 0 fully saturated rings. The van der Waals surface area contributed by atoms with E-state index >= 15 is 0 Å². The lowest BCUT2D eigenvalue weighted by Crippen LogP contribution is -1.95. The van der Waals surface area contributed by atoms with Gasteiger partial charge in [0.1, 0.15) is 0 Å². The summed E-state index contributed by atoms with van der Waals surface area (Å²) in [6.45, 7) is 0. The van der Waals surface area contributed by atoms with Crippen molar-refractivity contribution in [3.8, 4) is 33.9 Å². The molecule has 2 heterocycles. The zero-order valence-electron chi connectivity index (χ0n) is 14.6. The van der Waals surface area contributed by atoms with Gasteiger partial charge in [0.25, 0.3) is 0 Å². The topological polar surface area (TPSA) is 41.6 Å². The number of H-pyrrole nitrogens is 1. The minimum atomic E-state index is 0.729. The Kier molecular flexibility index (Phi) is 3.76. The maximum absolute atomic E-state index is 4.89. The summed E-state index contributed by atoms with van der Waals surface area (Å²) < 4.78 is 0. The van der Waals surface area contributed by atoms with E-state index in [1.165, 1.54) is 0 Å². The SMILES string of the molecule is c1ccc(-c2cc(-c3ccccc3)nc(-c3c[nH]c4ccccc34)n2)cc1. The number of benzene rings is 3. The molecule has 5 aromatic rings. The van der Waals surface area contributed by atoms with Gasteiger partial charge in [-0.15, -0.1) is 0 Å². The number of hydrogen-bond acceptors (Lipinski definition) is 2. The van der Waals surface area contributed by atoms with Crippen LogP contribution in [0.4, 0.5) is 0 Å². The molecule has 0 spiro atoms. The third-order valence-electron chi connectivity index (χ3n) is 4.70.